The number of rotatable bonds is 7. The molecule has 0 radical (unpaired) electrons. The second-order valence-electron chi connectivity index (χ2n) is 3.78. The zero-order valence-electron chi connectivity index (χ0n) is 10.8. The Labute approximate surface area is 125 Å². The molecule has 6 N–H and O–H groups in total. The van der Waals surface area contributed by atoms with E-state index < -0.39 is 10.0 Å². The first-order valence-corrected chi connectivity index (χ1v) is 9.30. The minimum absolute atomic E-state index is 0.0247. The molecular weight excluding hydrogens is 320 g/mol. The lowest BCUT2D eigenvalue weighted by molar-refractivity contribution is 0.603. The fraction of sp³-hybridized carbons (Fsp3) is 0.444. The molecule has 112 valence electrons. The number of thioether (sulfide) groups is 1. The Morgan fingerprint density at radius 3 is 2.75 bits per heavy atom. The van der Waals surface area contributed by atoms with E-state index in [1.165, 1.54) is 11.3 Å². The molecule has 0 amide bonds. The van der Waals surface area contributed by atoms with Crippen molar-refractivity contribution in [1.82, 2.24) is 4.98 Å². The molecule has 0 saturated carbocycles. The van der Waals surface area contributed by atoms with E-state index in [1.54, 1.807) is 11.8 Å². The maximum absolute atomic E-state index is 10.9. The maximum Gasteiger partial charge on any atom is 0.251 e. The van der Waals surface area contributed by atoms with Gasteiger partial charge in [-0.2, -0.15) is 21.2 Å². The molecule has 0 aromatic carbocycles. The Bertz CT molecular complexity index is 603. The third-order valence-electron chi connectivity index (χ3n) is 1.80. The van der Waals surface area contributed by atoms with Crippen molar-refractivity contribution in [2.75, 3.05) is 12.0 Å². The fourth-order valence-electron chi connectivity index (χ4n) is 1.14. The van der Waals surface area contributed by atoms with Crippen LogP contribution in [0, 0.1) is 0 Å². The Hall–Kier alpha value is -1.33. The topological polar surface area (TPSA) is 150 Å². The van der Waals surface area contributed by atoms with E-state index in [-0.39, 0.29) is 11.8 Å². The molecule has 0 saturated heterocycles. The third-order valence-corrected chi connectivity index (χ3v) is 4.14. The van der Waals surface area contributed by atoms with Gasteiger partial charge in [-0.3, -0.25) is 0 Å². The number of nitrogens with two attached hydrogens (primary N) is 3. The van der Waals surface area contributed by atoms with Crippen molar-refractivity contribution < 1.29 is 8.42 Å². The summed E-state index contributed by atoms with van der Waals surface area (Å²) < 4.78 is 25.1. The van der Waals surface area contributed by atoms with Crippen molar-refractivity contribution in [1.29, 1.82) is 0 Å². The molecule has 0 aliphatic rings. The van der Waals surface area contributed by atoms with E-state index in [4.69, 9.17) is 17.2 Å². The van der Waals surface area contributed by atoms with Gasteiger partial charge in [-0.05, 0) is 0 Å². The number of guanidine groups is 1. The maximum atomic E-state index is 10.9. The number of hydrogen-bond acceptors (Lipinski definition) is 6. The molecular formula is C9H16N6O2S3. The predicted octanol–water partition coefficient (Wildman–Crippen LogP) is -0.0119. The van der Waals surface area contributed by atoms with Crippen molar-refractivity contribution in [3.63, 3.8) is 0 Å². The average Bonchev–Trinajstić information content (AvgIpc) is 2.68. The minimum Gasteiger partial charge on any atom is -0.386 e. The van der Waals surface area contributed by atoms with E-state index in [2.05, 4.69) is 14.4 Å². The molecule has 20 heavy (non-hydrogen) atoms. The number of hydrogen-bond donors (Lipinski definition) is 3. The van der Waals surface area contributed by atoms with Gasteiger partial charge in [-0.25, -0.2) is 13.4 Å². The van der Waals surface area contributed by atoms with Crippen molar-refractivity contribution in [3.05, 3.63) is 11.1 Å². The van der Waals surface area contributed by atoms with Crippen LogP contribution in [0.2, 0.25) is 0 Å². The molecule has 1 aromatic heterocycles. The van der Waals surface area contributed by atoms with Crippen LogP contribution in [0.15, 0.2) is 14.8 Å². The lowest BCUT2D eigenvalue weighted by Crippen LogP contribution is -2.21. The van der Waals surface area contributed by atoms with Crippen LogP contribution in [0.25, 0.3) is 0 Å². The van der Waals surface area contributed by atoms with E-state index in [0.717, 1.165) is 11.9 Å². The number of thiazole rings is 1. The normalized spacial score (nSPS) is 12.3. The predicted molar refractivity (Wildman–Crippen MR) is 84.8 cm³/mol. The first-order valence-electron chi connectivity index (χ1n) is 5.42. The second kappa shape index (κ2) is 7.45. The summed E-state index contributed by atoms with van der Waals surface area (Å²) in [6, 6.07) is 0. The highest BCUT2D eigenvalue weighted by molar-refractivity contribution is 7.98. The van der Waals surface area contributed by atoms with E-state index in [0.29, 0.717) is 23.1 Å². The van der Waals surface area contributed by atoms with E-state index >= 15 is 0 Å². The van der Waals surface area contributed by atoms with E-state index in [9.17, 15) is 8.42 Å². The highest BCUT2D eigenvalue weighted by Gasteiger charge is 2.03. The molecule has 0 spiro atoms. The molecule has 11 heteroatoms. The average molecular weight is 336 g/mol. The second-order valence-corrected chi connectivity index (χ2v) is 7.37. The summed E-state index contributed by atoms with van der Waals surface area (Å²) in [4.78, 5) is 8.06. The van der Waals surface area contributed by atoms with Crippen molar-refractivity contribution in [2.45, 2.75) is 12.2 Å². The summed E-state index contributed by atoms with van der Waals surface area (Å²) in [6.45, 7) is 0. The number of aliphatic imine (C=N–C) groups is 1. The van der Waals surface area contributed by atoms with Crippen LogP contribution in [0.3, 0.4) is 0 Å². The molecule has 0 bridgehead atoms. The fourth-order valence-corrected chi connectivity index (χ4v) is 3.32. The first kappa shape index (κ1) is 16.7. The van der Waals surface area contributed by atoms with Gasteiger partial charge in [-0.15, -0.1) is 11.3 Å². The van der Waals surface area contributed by atoms with Gasteiger partial charge in [0.2, 0.25) is 5.13 Å². The Balaban J connectivity index is 2.37. The van der Waals surface area contributed by atoms with Crippen molar-refractivity contribution in [2.24, 2.45) is 26.6 Å². The summed E-state index contributed by atoms with van der Waals surface area (Å²) >= 11 is 2.92. The molecule has 1 heterocycles. The third kappa shape index (κ3) is 7.31. The quantitative estimate of drug-likeness (QED) is 0.360. The summed E-state index contributed by atoms with van der Waals surface area (Å²) in [5.74, 6) is 1.41. The van der Waals surface area contributed by atoms with Crippen LogP contribution in [0.4, 0.5) is 5.13 Å². The molecule has 0 fully saturated rings. The summed E-state index contributed by atoms with van der Waals surface area (Å²) in [6.07, 6.45) is 1.41. The molecule has 1 aromatic rings. The minimum atomic E-state index is -3.42. The number of amidine groups is 1. The van der Waals surface area contributed by atoms with Crippen LogP contribution < -0.4 is 17.2 Å². The van der Waals surface area contributed by atoms with Crippen LogP contribution in [0.1, 0.15) is 12.1 Å². The van der Waals surface area contributed by atoms with Gasteiger partial charge in [-0.1, -0.05) is 0 Å². The molecule has 0 aliphatic heterocycles. The first-order chi connectivity index (χ1) is 9.26. The van der Waals surface area contributed by atoms with Gasteiger partial charge in [0, 0.05) is 23.3 Å². The van der Waals surface area contributed by atoms with Crippen LogP contribution >= 0.6 is 23.1 Å². The Morgan fingerprint density at radius 1 is 1.45 bits per heavy atom. The molecule has 1 rings (SSSR count). The molecule has 8 nitrogen and oxygen atoms in total. The Kier molecular flexibility index (Phi) is 6.23. The molecule has 0 unspecified atom stereocenters. The SMILES string of the molecule is CS(=O)(=O)N=C(N)CCSCc1csc(N=C(N)N)n1. The lowest BCUT2D eigenvalue weighted by Gasteiger charge is -1.99. The monoisotopic (exact) mass is 336 g/mol. The van der Waals surface area contributed by atoms with Gasteiger partial charge in [0.25, 0.3) is 10.0 Å². The van der Waals surface area contributed by atoms with Gasteiger partial charge in [0.05, 0.1) is 11.9 Å². The smallest absolute Gasteiger partial charge is 0.251 e. The lowest BCUT2D eigenvalue weighted by atomic mass is 10.5. The summed E-state index contributed by atoms with van der Waals surface area (Å²) in [5, 5.41) is 2.38. The number of nitrogens with zero attached hydrogens (tertiary/aromatic N) is 3. The zero-order valence-corrected chi connectivity index (χ0v) is 13.3. The highest BCUT2D eigenvalue weighted by Crippen LogP contribution is 2.21. The number of aromatic nitrogens is 1. The van der Waals surface area contributed by atoms with Crippen LogP contribution in [0.5, 0.6) is 0 Å². The van der Waals surface area contributed by atoms with Gasteiger partial charge >= 0.3 is 0 Å². The van der Waals surface area contributed by atoms with Crippen molar-refractivity contribution in [3.8, 4) is 0 Å². The van der Waals surface area contributed by atoms with Gasteiger partial charge < -0.3 is 17.2 Å². The zero-order chi connectivity index (χ0) is 15.2. The van der Waals surface area contributed by atoms with Crippen molar-refractivity contribution >= 4 is 50.0 Å². The highest BCUT2D eigenvalue weighted by atomic mass is 32.2. The Morgan fingerprint density at radius 2 is 2.15 bits per heavy atom. The van der Waals surface area contributed by atoms with E-state index in [1.807, 2.05) is 5.38 Å². The van der Waals surface area contributed by atoms with Gasteiger partial charge in [0.15, 0.2) is 5.96 Å². The van der Waals surface area contributed by atoms with Crippen LogP contribution in [-0.4, -0.2) is 37.2 Å². The van der Waals surface area contributed by atoms with Gasteiger partial charge in [0.1, 0.15) is 5.84 Å². The number of sulfonamides is 1. The standard InChI is InChI=1S/C9H16N6O2S3/c1-20(16,17)15-7(10)2-3-18-4-6-5-19-9(13-6)14-8(11)12/h5H,2-4H2,1H3,(H2,10,15)(H4,11,12,13,14). The molecule has 0 atom stereocenters. The summed E-state index contributed by atoms with van der Waals surface area (Å²) in [5.41, 5.74) is 16.9. The van der Waals surface area contributed by atoms with Crippen LogP contribution in [-0.2, 0) is 15.8 Å². The summed E-state index contributed by atoms with van der Waals surface area (Å²) in [7, 11) is -3.42. The molecule has 0 aliphatic carbocycles. The largest absolute Gasteiger partial charge is 0.386 e.